The van der Waals surface area contributed by atoms with E-state index in [1.165, 1.54) is 0 Å². The van der Waals surface area contributed by atoms with E-state index in [-0.39, 0.29) is 39.1 Å². The molecule has 0 aromatic carbocycles. The van der Waals surface area contributed by atoms with Crippen LogP contribution in [0.3, 0.4) is 0 Å². The summed E-state index contributed by atoms with van der Waals surface area (Å²) in [5.74, 6) is -3.36. The second kappa shape index (κ2) is 17.2. The molecule has 0 amide bonds. The maximum Gasteiger partial charge on any atom is 0.469 e. The van der Waals surface area contributed by atoms with Gasteiger partial charge in [-0.05, 0) is 63.8 Å². The van der Waals surface area contributed by atoms with Crippen molar-refractivity contribution in [3.8, 4) is 0 Å². The van der Waals surface area contributed by atoms with Crippen molar-refractivity contribution < 1.29 is 56.3 Å². The van der Waals surface area contributed by atoms with Crippen molar-refractivity contribution in [1.29, 1.82) is 0 Å². The predicted molar refractivity (Wildman–Crippen MR) is 154 cm³/mol. The lowest BCUT2D eigenvalue weighted by Gasteiger charge is -2.45. The van der Waals surface area contributed by atoms with E-state index in [9.17, 15) is 34.5 Å². The maximum absolute atomic E-state index is 11.3. The van der Waals surface area contributed by atoms with Gasteiger partial charge in [-0.2, -0.15) is 0 Å². The first kappa shape index (κ1) is 37.3. The van der Waals surface area contributed by atoms with Crippen molar-refractivity contribution in [3.63, 3.8) is 0 Å². The van der Waals surface area contributed by atoms with Crippen LogP contribution in [0.5, 0.6) is 0 Å². The van der Waals surface area contributed by atoms with E-state index in [1.54, 1.807) is 0 Å². The lowest BCUT2D eigenvalue weighted by Crippen LogP contribution is -2.62. The monoisotopic (exact) mass is 626 g/mol. The largest absolute Gasteiger partial charge is 0.481 e. The van der Waals surface area contributed by atoms with E-state index in [1.807, 2.05) is 39.3 Å². The summed E-state index contributed by atoms with van der Waals surface area (Å²) < 4.78 is 30.7. The lowest BCUT2D eigenvalue weighted by atomic mass is 10.5. The van der Waals surface area contributed by atoms with E-state index in [2.05, 4.69) is 6.58 Å². The number of carbonyl (C=O) groups excluding carboxylic acids is 1. The zero-order valence-electron chi connectivity index (χ0n) is 24.1. The van der Waals surface area contributed by atoms with Crippen LogP contribution in [0, 0.1) is 0 Å². The van der Waals surface area contributed by atoms with Gasteiger partial charge in [0.2, 0.25) is 0 Å². The average molecular weight is 627 g/mol. The number of carboxylic acid groups (broad SMARTS) is 3. The number of carboxylic acids is 3. The molecule has 0 atom stereocenters. The van der Waals surface area contributed by atoms with Gasteiger partial charge in [-0.1, -0.05) is 6.58 Å². The van der Waals surface area contributed by atoms with Crippen molar-refractivity contribution in [2.24, 2.45) is 0 Å². The molecule has 226 valence electrons. The molecule has 16 heteroatoms. The standard InChI is InChI=1S/C23H46O12Si4/c1-8-23(30)32-15-14-31-13-9-16-39(33-36(2,3)17-10-20(24)25,34-37(4,5)18-11-21(26)27)35-38(6,7)19-12-22(28)29/h8H,1,9-19H2,2-7H3,(H,24,25)(H,26,27)(H,28,29). The van der Waals surface area contributed by atoms with Gasteiger partial charge < -0.3 is 37.1 Å². The van der Waals surface area contributed by atoms with Crippen LogP contribution in [0.2, 0.25) is 63.5 Å². The van der Waals surface area contributed by atoms with Gasteiger partial charge in [0.15, 0.2) is 25.0 Å². The number of ether oxygens (including phenoxy) is 2. The summed E-state index contributed by atoms with van der Waals surface area (Å²) in [5.41, 5.74) is 0. The first-order valence-electron chi connectivity index (χ1n) is 13.0. The third kappa shape index (κ3) is 19.1. The van der Waals surface area contributed by atoms with Gasteiger partial charge in [-0.15, -0.1) is 0 Å². The van der Waals surface area contributed by atoms with Crippen LogP contribution in [0.1, 0.15) is 25.7 Å². The van der Waals surface area contributed by atoms with Crippen LogP contribution in [0.4, 0.5) is 0 Å². The normalized spacial score (nSPS) is 12.7. The van der Waals surface area contributed by atoms with E-state index in [0.717, 1.165) is 6.08 Å². The van der Waals surface area contributed by atoms with Crippen LogP contribution >= 0.6 is 0 Å². The topological polar surface area (TPSA) is 175 Å². The fraction of sp³-hybridized carbons (Fsp3) is 0.739. The minimum Gasteiger partial charge on any atom is -0.481 e. The van der Waals surface area contributed by atoms with Crippen LogP contribution in [0.15, 0.2) is 12.7 Å². The lowest BCUT2D eigenvalue weighted by molar-refractivity contribution is -0.139. The minimum absolute atomic E-state index is 0.0658. The Balaban J connectivity index is 6.01. The first-order valence-corrected chi connectivity index (χ1v) is 24.2. The fourth-order valence-electron chi connectivity index (χ4n) is 3.61. The third-order valence-corrected chi connectivity index (χ3v) is 21.2. The number of esters is 1. The van der Waals surface area contributed by atoms with Crippen molar-refractivity contribution in [3.05, 3.63) is 12.7 Å². The van der Waals surface area contributed by atoms with Gasteiger partial charge in [0, 0.05) is 38.0 Å². The summed E-state index contributed by atoms with van der Waals surface area (Å²) >= 11 is 0. The molecule has 0 spiro atoms. The molecular weight excluding hydrogens is 581 g/mol. The van der Waals surface area contributed by atoms with Crippen LogP contribution in [-0.4, -0.2) is 92.8 Å². The Morgan fingerprint density at radius 2 is 1.03 bits per heavy atom. The van der Waals surface area contributed by atoms with Gasteiger partial charge in [0.1, 0.15) is 6.61 Å². The molecule has 0 fully saturated rings. The Kier molecular flexibility index (Phi) is 16.5. The molecule has 0 aromatic rings. The Morgan fingerprint density at radius 3 is 1.36 bits per heavy atom. The molecule has 39 heavy (non-hydrogen) atoms. The SMILES string of the molecule is C=CC(=O)OCCOCCC[Si](O[Si](C)(C)CCC(=O)O)(O[Si](C)(C)CCC(=O)O)O[Si](C)(C)CCC(=O)O. The average Bonchev–Trinajstić information content (AvgIpc) is 2.78. The highest BCUT2D eigenvalue weighted by Crippen LogP contribution is 2.34. The molecule has 0 radical (unpaired) electrons. The van der Waals surface area contributed by atoms with E-state index >= 15 is 0 Å². The molecular formula is C23H46O12Si4. The highest BCUT2D eigenvalue weighted by molar-refractivity contribution is 6.90. The number of hydrogen-bond donors (Lipinski definition) is 3. The second-order valence-corrected chi connectivity index (χ2v) is 27.4. The highest BCUT2D eigenvalue weighted by Gasteiger charge is 2.52. The van der Waals surface area contributed by atoms with Gasteiger partial charge in [0.05, 0.1) is 6.61 Å². The van der Waals surface area contributed by atoms with Crippen LogP contribution in [0.25, 0.3) is 0 Å². The van der Waals surface area contributed by atoms with Gasteiger partial charge >= 0.3 is 32.7 Å². The molecule has 0 unspecified atom stereocenters. The molecule has 0 saturated carbocycles. The predicted octanol–water partition coefficient (Wildman–Crippen LogP) is 4.15. The summed E-state index contributed by atoms with van der Waals surface area (Å²) in [6, 6.07) is 1.30. The third-order valence-electron chi connectivity index (χ3n) is 5.53. The molecule has 0 saturated heterocycles. The van der Waals surface area contributed by atoms with Gasteiger partial charge in [0.25, 0.3) is 0 Å². The highest BCUT2D eigenvalue weighted by atomic mass is 28.5. The maximum atomic E-state index is 11.3. The molecule has 0 bridgehead atoms. The molecule has 0 aliphatic heterocycles. The molecule has 0 aliphatic carbocycles. The van der Waals surface area contributed by atoms with E-state index < -0.39 is 57.6 Å². The summed E-state index contributed by atoms with van der Waals surface area (Å²) in [6.45, 7) is 15.2. The molecule has 0 aliphatic rings. The minimum atomic E-state index is -3.58. The molecule has 3 N–H and O–H groups in total. The molecule has 12 nitrogen and oxygen atoms in total. The summed E-state index contributed by atoms with van der Waals surface area (Å²) in [4.78, 5) is 45.0. The fourth-order valence-corrected chi connectivity index (χ4v) is 20.8. The van der Waals surface area contributed by atoms with Gasteiger partial charge in [-0.3, -0.25) is 14.4 Å². The number of hydrogen-bond acceptors (Lipinski definition) is 9. The van der Waals surface area contributed by atoms with Crippen molar-refractivity contribution >= 4 is 57.6 Å². The number of rotatable bonds is 23. The number of carbonyl (C=O) groups is 4. The van der Waals surface area contributed by atoms with Crippen molar-refractivity contribution in [2.75, 3.05) is 19.8 Å². The van der Waals surface area contributed by atoms with Crippen LogP contribution in [-0.2, 0) is 41.0 Å². The molecule has 0 heterocycles. The summed E-state index contributed by atoms with van der Waals surface area (Å²) in [7, 11) is -11.5. The first-order chi connectivity index (χ1) is 17.8. The Bertz CT molecular complexity index is 753. The quantitative estimate of drug-likeness (QED) is 0.0640. The Morgan fingerprint density at radius 1 is 0.641 bits per heavy atom. The smallest absolute Gasteiger partial charge is 0.469 e. The second-order valence-electron chi connectivity index (χ2n) is 11.0. The van der Waals surface area contributed by atoms with Crippen molar-refractivity contribution in [1.82, 2.24) is 0 Å². The molecule has 0 aromatic heterocycles. The summed E-state index contributed by atoms with van der Waals surface area (Å²) in [5, 5.41) is 27.8. The Hall–Kier alpha value is -1.67. The van der Waals surface area contributed by atoms with Gasteiger partial charge in [-0.25, -0.2) is 4.79 Å². The number of aliphatic carboxylic acids is 3. The zero-order valence-corrected chi connectivity index (χ0v) is 28.1. The zero-order chi connectivity index (χ0) is 30.3. The van der Waals surface area contributed by atoms with Crippen LogP contribution < -0.4 is 0 Å². The van der Waals surface area contributed by atoms with E-state index in [0.29, 0.717) is 30.6 Å². The van der Waals surface area contributed by atoms with E-state index in [4.69, 9.17) is 21.8 Å². The van der Waals surface area contributed by atoms with Crippen molar-refractivity contribution in [2.45, 2.75) is 89.1 Å². The summed E-state index contributed by atoms with van der Waals surface area (Å²) in [6.07, 6.45) is 1.30. The molecule has 0 rings (SSSR count). The Labute approximate surface area is 235 Å².